The molecule has 3 aliphatic rings. The van der Waals surface area contributed by atoms with Gasteiger partial charge in [0, 0.05) is 12.1 Å². The molecule has 4 amide bonds. The Labute approximate surface area is 375 Å². The first-order chi connectivity index (χ1) is 31.5. The van der Waals surface area contributed by atoms with E-state index in [1.807, 2.05) is 55.3 Å². The molecule has 3 unspecified atom stereocenters. The fraction of sp³-hybridized carbons (Fsp3) is 0.327. The molecule has 334 valence electrons. The zero-order valence-electron chi connectivity index (χ0n) is 36.6. The van der Waals surface area contributed by atoms with Crippen LogP contribution in [0.1, 0.15) is 62.4 Å². The molecule has 9 rings (SSSR count). The number of hydrogen-bond donors (Lipinski definition) is 4. The molecule has 2 saturated heterocycles. The van der Waals surface area contributed by atoms with E-state index < -0.39 is 30.1 Å². The third kappa shape index (κ3) is 8.74. The van der Waals surface area contributed by atoms with Crippen molar-refractivity contribution in [2.45, 2.75) is 57.0 Å². The molecule has 3 aliphatic heterocycles. The van der Waals surface area contributed by atoms with Gasteiger partial charge in [-0.15, -0.1) is 0 Å². The van der Waals surface area contributed by atoms with E-state index in [0.29, 0.717) is 36.9 Å². The Kier molecular flexibility index (Phi) is 12.0. The number of rotatable bonds is 11. The van der Waals surface area contributed by atoms with Gasteiger partial charge in [0.25, 0.3) is 0 Å². The van der Waals surface area contributed by atoms with Crippen molar-refractivity contribution >= 4 is 40.5 Å². The third-order valence-corrected chi connectivity index (χ3v) is 12.4. The number of nitrogens with zero attached hydrogens (tertiary/aromatic N) is 4. The van der Waals surface area contributed by atoms with E-state index >= 15 is 0 Å². The number of nitrogens with one attached hydrogen (secondary N) is 4. The molecule has 4 N–H and O–H groups in total. The number of likely N-dealkylation sites (tertiary alicyclic amines) is 1. The summed E-state index contributed by atoms with van der Waals surface area (Å²) in [4.78, 5) is 70.5. The zero-order chi connectivity index (χ0) is 45.2. The van der Waals surface area contributed by atoms with Crippen molar-refractivity contribution in [2.24, 2.45) is 5.92 Å². The third-order valence-electron chi connectivity index (χ3n) is 12.4. The Morgan fingerprint density at radius 1 is 0.785 bits per heavy atom. The molecule has 0 saturated carbocycles. The molecule has 6 aromatic rings. The van der Waals surface area contributed by atoms with Gasteiger partial charge in [-0.05, 0) is 63.9 Å². The number of methoxy groups -OCH3 is 2. The summed E-state index contributed by atoms with van der Waals surface area (Å²) in [6, 6.07) is 28.0. The Bertz CT molecular complexity index is 2780. The van der Waals surface area contributed by atoms with Gasteiger partial charge in [-0.2, -0.15) is 4.58 Å². The highest BCUT2D eigenvalue weighted by molar-refractivity contribution is 6.00. The molecule has 0 aliphatic carbocycles. The Morgan fingerprint density at radius 3 is 2.12 bits per heavy atom. The highest BCUT2D eigenvalue weighted by atomic mass is 16.7. The van der Waals surface area contributed by atoms with Gasteiger partial charge in [-0.25, -0.2) is 24.4 Å². The summed E-state index contributed by atoms with van der Waals surface area (Å²) in [6.45, 7) is 5.33. The summed E-state index contributed by atoms with van der Waals surface area (Å²) in [6.07, 6.45) is 4.10. The number of imidazole rings is 2. The van der Waals surface area contributed by atoms with Gasteiger partial charge < -0.3 is 44.4 Å². The minimum Gasteiger partial charge on any atom is -0.453 e. The molecule has 2 fully saturated rings. The molecule has 5 heterocycles. The van der Waals surface area contributed by atoms with Crippen LogP contribution in [0.2, 0.25) is 0 Å². The zero-order valence-corrected chi connectivity index (χ0v) is 36.6. The lowest BCUT2D eigenvalue weighted by molar-refractivity contribution is -0.470. The van der Waals surface area contributed by atoms with Crippen molar-refractivity contribution in [3.05, 3.63) is 121 Å². The number of alkyl carbamates (subject to hydrolysis) is 2. The molecule has 0 radical (unpaired) electrons. The standard InChI is InChI=1S/C49H50N8O8/c1-29(2)41(54-47(60)62-3)45(58)56-20-8-11-39(56)43-50-27-38(53-43)36-19-18-34-23-33(16-17-35(34)24-36)30-12-14-31(15-13-30)37-26-51-44(52-37)40-25-49(64-21-22-65-49)28-57(40)46(59)42(55-48(61)63-4)32-9-6-5-7-10-32/h5-7,9-10,12-19,23-24,26-27,29,39,41-42H,8,11,20-22,25,28H2,1-4H3,(H3,50,52,53,54,55,60,61)/p+1. The molecule has 65 heavy (non-hydrogen) atoms. The maximum Gasteiger partial charge on any atom is 0.414 e. The van der Waals surface area contributed by atoms with Crippen LogP contribution in [0.3, 0.4) is 0 Å². The lowest BCUT2D eigenvalue weighted by atomic mass is 9.98. The predicted molar refractivity (Wildman–Crippen MR) is 241 cm³/mol. The number of H-pyrrole nitrogens is 2. The molecule has 16 heteroatoms. The van der Waals surface area contributed by atoms with Crippen LogP contribution in [0.25, 0.3) is 44.4 Å². The Balaban J connectivity index is 0.914. The van der Waals surface area contributed by atoms with Gasteiger partial charge in [0.15, 0.2) is 11.9 Å². The lowest BCUT2D eigenvalue weighted by Crippen LogP contribution is -2.51. The average molecular weight is 880 g/mol. The molecule has 4 aromatic carbocycles. The van der Waals surface area contributed by atoms with Crippen molar-refractivity contribution in [2.75, 3.05) is 40.5 Å². The molecule has 1 spiro atoms. The van der Waals surface area contributed by atoms with Crippen LogP contribution in [0.4, 0.5) is 9.59 Å². The Hall–Kier alpha value is -7.17. The SMILES string of the molecule is COC(=O)NC(C(=O)[N+]1=C(c2ncc(-c3ccc(-c4ccc5cc(-c6cnc(C7CCCN7C(=O)C(NC(=O)OC)C(C)C)[nH]6)ccc5c4)cc3)[nH]2)CC2(C1)OCCO2)c1ccccc1. The quantitative estimate of drug-likeness (QED) is 0.0996. The smallest absolute Gasteiger partial charge is 0.414 e. The fourth-order valence-electron chi connectivity index (χ4n) is 9.02. The second kappa shape index (κ2) is 18.1. The molecule has 3 atom stereocenters. The summed E-state index contributed by atoms with van der Waals surface area (Å²) >= 11 is 0. The summed E-state index contributed by atoms with van der Waals surface area (Å²) in [7, 11) is 2.55. The van der Waals surface area contributed by atoms with Gasteiger partial charge in [0.05, 0.1) is 63.7 Å². The highest BCUT2D eigenvalue weighted by Gasteiger charge is 2.54. The maximum atomic E-state index is 14.3. The normalized spacial score (nSPS) is 17.7. The number of carbonyl (C=O) groups is 4. The summed E-state index contributed by atoms with van der Waals surface area (Å²) in [5.74, 6) is -0.428. The second-order valence-corrected chi connectivity index (χ2v) is 16.9. The van der Waals surface area contributed by atoms with Crippen LogP contribution < -0.4 is 10.6 Å². The first kappa shape index (κ1) is 43.1. The van der Waals surface area contributed by atoms with Crippen LogP contribution >= 0.6 is 0 Å². The van der Waals surface area contributed by atoms with Gasteiger partial charge in [-0.1, -0.05) is 92.7 Å². The molecule has 0 bridgehead atoms. The van der Waals surface area contributed by atoms with Gasteiger partial charge in [0.1, 0.15) is 11.9 Å². The monoisotopic (exact) mass is 879 g/mol. The van der Waals surface area contributed by atoms with E-state index in [4.69, 9.17) is 28.9 Å². The van der Waals surface area contributed by atoms with Crippen molar-refractivity contribution in [3.8, 4) is 33.6 Å². The molecule has 2 aromatic heterocycles. The number of hydrogen-bond acceptors (Lipinski definition) is 10. The molecular weight excluding hydrogens is 829 g/mol. The van der Waals surface area contributed by atoms with E-state index in [1.165, 1.54) is 14.2 Å². The number of benzene rings is 4. The van der Waals surface area contributed by atoms with Gasteiger partial charge in [-0.3, -0.25) is 4.79 Å². The van der Waals surface area contributed by atoms with Crippen LogP contribution in [-0.2, 0) is 28.5 Å². The van der Waals surface area contributed by atoms with Crippen molar-refractivity contribution in [1.82, 2.24) is 35.5 Å². The van der Waals surface area contributed by atoms with E-state index in [-0.39, 0.29) is 36.7 Å². The first-order valence-electron chi connectivity index (χ1n) is 21.8. The summed E-state index contributed by atoms with van der Waals surface area (Å²) in [5.41, 5.74) is 6.81. The number of ether oxygens (including phenoxy) is 4. The van der Waals surface area contributed by atoms with Crippen molar-refractivity contribution in [3.63, 3.8) is 0 Å². The van der Waals surface area contributed by atoms with Crippen LogP contribution in [0.5, 0.6) is 0 Å². The number of carbonyl (C=O) groups excluding carboxylic acids is 4. The van der Waals surface area contributed by atoms with Crippen molar-refractivity contribution in [1.29, 1.82) is 0 Å². The van der Waals surface area contributed by atoms with Crippen LogP contribution in [0.15, 0.2) is 103 Å². The van der Waals surface area contributed by atoms with Crippen molar-refractivity contribution < 1.29 is 42.7 Å². The summed E-state index contributed by atoms with van der Waals surface area (Å²) in [5, 5.41) is 7.55. The fourth-order valence-corrected chi connectivity index (χ4v) is 9.02. The number of fused-ring (bicyclic) bond motifs is 1. The van der Waals surface area contributed by atoms with E-state index in [1.54, 1.807) is 22.9 Å². The van der Waals surface area contributed by atoms with Gasteiger partial charge >= 0.3 is 18.1 Å². The predicted octanol–water partition coefficient (Wildman–Crippen LogP) is 6.90. The van der Waals surface area contributed by atoms with Crippen LogP contribution in [0, 0.1) is 5.92 Å². The number of aromatic nitrogens is 4. The van der Waals surface area contributed by atoms with Crippen LogP contribution in [-0.4, -0.2) is 111 Å². The lowest BCUT2D eigenvalue weighted by Gasteiger charge is -2.30. The minimum atomic E-state index is -1.02. The highest BCUT2D eigenvalue weighted by Crippen LogP contribution is 2.36. The van der Waals surface area contributed by atoms with E-state index in [2.05, 4.69) is 69.1 Å². The van der Waals surface area contributed by atoms with E-state index in [0.717, 1.165) is 63.1 Å². The van der Waals surface area contributed by atoms with E-state index in [9.17, 15) is 19.2 Å². The Morgan fingerprint density at radius 2 is 1.42 bits per heavy atom. The topological polar surface area (TPSA) is 193 Å². The van der Waals surface area contributed by atoms with Gasteiger partial charge in [0.2, 0.25) is 24.0 Å². The first-order valence-corrected chi connectivity index (χ1v) is 21.8. The minimum absolute atomic E-state index is 0.116. The summed E-state index contributed by atoms with van der Waals surface area (Å²) < 4.78 is 23.3. The number of aromatic amines is 2. The molecule has 16 nitrogen and oxygen atoms in total. The molecular formula is C49H51N8O8+. The average Bonchev–Trinajstić information content (AvgIpc) is 4.21. The largest absolute Gasteiger partial charge is 0.453 e. The second-order valence-electron chi connectivity index (χ2n) is 16.9. The maximum absolute atomic E-state index is 14.3. The number of amides is 4.